The second-order valence-corrected chi connectivity index (χ2v) is 23.4. The SMILES string of the molecule is CC/C=C\C/C=C\C/C=C\C/C=C\CCCCCCCCC(=O)OC(COC(=O)CCCCCCCCC/C=C\C/C=C\CCCCC)COC(=O)CCCCCCCCCCCCCCCCC/C=C\CCCCCCCCCC. The number of carbonyl (C=O) groups is 3. The molecule has 0 aliphatic heterocycles. The Bertz CT molecular complexity index is 1530. The van der Waals surface area contributed by atoms with Gasteiger partial charge in [-0.25, -0.2) is 0 Å². The van der Waals surface area contributed by atoms with Crippen molar-refractivity contribution in [2.75, 3.05) is 13.2 Å². The molecule has 468 valence electrons. The quantitative estimate of drug-likeness (QED) is 0.0261. The molecule has 81 heavy (non-hydrogen) atoms. The number of carbonyl (C=O) groups excluding carboxylic acids is 3. The van der Waals surface area contributed by atoms with Crippen LogP contribution in [0.4, 0.5) is 0 Å². The van der Waals surface area contributed by atoms with Gasteiger partial charge in [-0.15, -0.1) is 0 Å². The van der Waals surface area contributed by atoms with Crippen LogP contribution in [0.15, 0.2) is 85.1 Å². The van der Waals surface area contributed by atoms with Crippen LogP contribution in [0.3, 0.4) is 0 Å². The lowest BCUT2D eigenvalue weighted by Crippen LogP contribution is -2.30. The fourth-order valence-electron chi connectivity index (χ4n) is 10.1. The van der Waals surface area contributed by atoms with Crippen LogP contribution in [-0.4, -0.2) is 37.2 Å². The highest BCUT2D eigenvalue weighted by molar-refractivity contribution is 5.71. The molecule has 6 heteroatoms. The summed E-state index contributed by atoms with van der Waals surface area (Å²) in [5.41, 5.74) is 0. The van der Waals surface area contributed by atoms with Crippen LogP contribution in [0.5, 0.6) is 0 Å². The van der Waals surface area contributed by atoms with E-state index >= 15 is 0 Å². The fourth-order valence-corrected chi connectivity index (χ4v) is 10.1. The molecule has 0 spiro atoms. The van der Waals surface area contributed by atoms with Crippen molar-refractivity contribution < 1.29 is 28.6 Å². The van der Waals surface area contributed by atoms with Gasteiger partial charge in [-0.2, -0.15) is 0 Å². The van der Waals surface area contributed by atoms with E-state index in [-0.39, 0.29) is 31.1 Å². The minimum Gasteiger partial charge on any atom is -0.462 e. The molecule has 6 nitrogen and oxygen atoms in total. The van der Waals surface area contributed by atoms with Crippen LogP contribution >= 0.6 is 0 Å². The van der Waals surface area contributed by atoms with Crippen LogP contribution < -0.4 is 0 Å². The van der Waals surface area contributed by atoms with Crippen molar-refractivity contribution >= 4 is 17.9 Å². The van der Waals surface area contributed by atoms with E-state index in [1.54, 1.807) is 0 Å². The van der Waals surface area contributed by atoms with Gasteiger partial charge >= 0.3 is 17.9 Å². The Balaban J connectivity index is 4.32. The van der Waals surface area contributed by atoms with E-state index < -0.39 is 6.10 Å². The summed E-state index contributed by atoms with van der Waals surface area (Å²) in [7, 11) is 0. The molecule has 0 aromatic heterocycles. The highest BCUT2D eigenvalue weighted by Crippen LogP contribution is 2.17. The van der Waals surface area contributed by atoms with Gasteiger partial charge in [0.2, 0.25) is 0 Å². The van der Waals surface area contributed by atoms with Gasteiger partial charge in [0.25, 0.3) is 0 Å². The largest absolute Gasteiger partial charge is 0.462 e. The third-order valence-electron chi connectivity index (χ3n) is 15.4. The number of unbranched alkanes of at least 4 members (excludes halogenated alkanes) is 39. The Morgan fingerprint density at radius 1 is 0.259 bits per heavy atom. The number of esters is 3. The number of allylic oxidation sites excluding steroid dienone is 14. The molecular formula is C75H132O6. The minimum absolute atomic E-state index is 0.0829. The number of ether oxygens (including phenoxy) is 3. The molecule has 0 rings (SSSR count). The Hall–Kier alpha value is -3.41. The standard InChI is InChI=1S/C75H132O6/c1-4-7-10-13-16-19-22-25-28-31-33-34-35-36-37-38-39-40-42-44-47-50-53-56-59-62-65-68-74(77)80-71-72(70-79-73(76)67-64-61-58-55-52-49-46-43-30-27-24-21-18-15-12-9-6-3)81-75(78)69-66-63-60-57-54-51-48-45-41-32-29-26-23-20-17-14-11-8-5-2/h8,11,17-18,20-21,26-27,29-31,33,41,45,72H,4-7,9-10,12-16,19,22-25,28,32,34-40,42-44,46-71H2,1-3H3/b11-8-,20-17-,21-18-,29-26-,30-27-,33-31-,45-41-. The Labute approximate surface area is 503 Å². The summed E-state index contributed by atoms with van der Waals surface area (Å²) in [6, 6.07) is 0. The number of hydrogen-bond acceptors (Lipinski definition) is 6. The summed E-state index contributed by atoms with van der Waals surface area (Å²) in [4.78, 5) is 38.5. The zero-order valence-corrected chi connectivity index (χ0v) is 53.8. The molecule has 1 unspecified atom stereocenters. The molecule has 0 aromatic rings. The molecular weight excluding hydrogens is 997 g/mol. The highest BCUT2D eigenvalue weighted by Gasteiger charge is 2.19. The number of rotatable bonds is 64. The van der Waals surface area contributed by atoms with Crippen molar-refractivity contribution in [3.05, 3.63) is 85.1 Å². The van der Waals surface area contributed by atoms with E-state index in [2.05, 4.69) is 106 Å². The zero-order valence-electron chi connectivity index (χ0n) is 53.8. The van der Waals surface area contributed by atoms with Crippen LogP contribution in [0.1, 0.15) is 355 Å². The molecule has 0 radical (unpaired) electrons. The van der Waals surface area contributed by atoms with Gasteiger partial charge in [0.05, 0.1) is 0 Å². The molecule has 0 aliphatic carbocycles. The average molecular weight is 1130 g/mol. The van der Waals surface area contributed by atoms with Crippen molar-refractivity contribution in [1.29, 1.82) is 0 Å². The smallest absolute Gasteiger partial charge is 0.306 e. The average Bonchev–Trinajstić information content (AvgIpc) is 3.47. The second-order valence-electron chi connectivity index (χ2n) is 23.4. The van der Waals surface area contributed by atoms with Gasteiger partial charge in [-0.1, -0.05) is 305 Å². The van der Waals surface area contributed by atoms with E-state index in [4.69, 9.17) is 14.2 Å². The summed E-state index contributed by atoms with van der Waals surface area (Å²) in [5.74, 6) is -0.888. The normalized spacial score (nSPS) is 12.6. The third kappa shape index (κ3) is 67.3. The lowest BCUT2D eigenvalue weighted by atomic mass is 10.0. The summed E-state index contributed by atoms with van der Waals surface area (Å²) >= 11 is 0. The van der Waals surface area contributed by atoms with Gasteiger partial charge in [0, 0.05) is 19.3 Å². The summed E-state index contributed by atoms with van der Waals surface area (Å²) in [6.45, 7) is 6.53. The van der Waals surface area contributed by atoms with Crippen molar-refractivity contribution in [1.82, 2.24) is 0 Å². The van der Waals surface area contributed by atoms with Crippen molar-refractivity contribution in [3.63, 3.8) is 0 Å². The maximum atomic E-state index is 12.9. The summed E-state index contributed by atoms with van der Waals surface area (Å²) in [6.07, 6.45) is 91.8. The molecule has 0 saturated carbocycles. The van der Waals surface area contributed by atoms with Crippen molar-refractivity contribution in [2.24, 2.45) is 0 Å². The molecule has 0 N–H and O–H groups in total. The van der Waals surface area contributed by atoms with Gasteiger partial charge in [-0.3, -0.25) is 14.4 Å². The first-order valence-electron chi connectivity index (χ1n) is 35.1. The maximum absolute atomic E-state index is 12.9. The predicted molar refractivity (Wildman–Crippen MR) is 353 cm³/mol. The van der Waals surface area contributed by atoms with Gasteiger partial charge in [0.1, 0.15) is 13.2 Å². The third-order valence-corrected chi connectivity index (χ3v) is 15.4. The molecule has 0 heterocycles. The van der Waals surface area contributed by atoms with E-state index in [1.165, 1.54) is 205 Å². The molecule has 0 amide bonds. The molecule has 0 aliphatic rings. The first-order valence-corrected chi connectivity index (χ1v) is 35.1. The lowest BCUT2D eigenvalue weighted by molar-refractivity contribution is -0.167. The topological polar surface area (TPSA) is 78.9 Å². The summed E-state index contributed by atoms with van der Waals surface area (Å²) in [5, 5.41) is 0. The van der Waals surface area contributed by atoms with Gasteiger partial charge < -0.3 is 14.2 Å². The van der Waals surface area contributed by atoms with E-state index in [0.29, 0.717) is 19.3 Å². The Kier molecular flexibility index (Phi) is 66.2. The molecule has 0 aromatic carbocycles. The Morgan fingerprint density at radius 2 is 0.481 bits per heavy atom. The predicted octanol–water partition coefficient (Wildman–Crippen LogP) is 24.2. The van der Waals surface area contributed by atoms with Crippen molar-refractivity contribution in [3.8, 4) is 0 Å². The monoisotopic (exact) mass is 1130 g/mol. The van der Waals surface area contributed by atoms with E-state index in [0.717, 1.165) is 109 Å². The lowest BCUT2D eigenvalue weighted by Gasteiger charge is -2.18. The van der Waals surface area contributed by atoms with Crippen molar-refractivity contribution in [2.45, 2.75) is 361 Å². The summed E-state index contributed by atoms with van der Waals surface area (Å²) < 4.78 is 17.0. The van der Waals surface area contributed by atoms with E-state index in [9.17, 15) is 14.4 Å². The second kappa shape index (κ2) is 69.1. The molecule has 0 fully saturated rings. The first-order chi connectivity index (χ1) is 40.0. The zero-order chi connectivity index (χ0) is 58.5. The molecule has 0 bridgehead atoms. The minimum atomic E-state index is -0.790. The molecule has 0 saturated heterocycles. The van der Waals surface area contributed by atoms with Crippen LogP contribution in [-0.2, 0) is 28.6 Å². The number of hydrogen-bond donors (Lipinski definition) is 0. The van der Waals surface area contributed by atoms with Crippen LogP contribution in [0, 0.1) is 0 Å². The highest BCUT2D eigenvalue weighted by atomic mass is 16.6. The maximum Gasteiger partial charge on any atom is 0.306 e. The Morgan fingerprint density at radius 3 is 0.790 bits per heavy atom. The van der Waals surface area contributed by atoms with E-state index in [1.807, 2.05) is 0 Å². The van der Waals surface area contributed by atoms with Gasteiger partial charge in [-0.05, 0) is 116 Å². The fraction of sp³-hybridized carbons (Fsp3) is 0.773. The van der Waals surface area contributed by atoms with Gasteiger partial charge in [0.15, 0.2) is 6.10 Å². The van der Waals surface area contributed by atoms with Crippen LogP contribution in [0.2, 0.25) is 0 Å². The first kappa shape index (κ1) is 77.6. The molecule has 1 atom stereocenters. The van der Waals surface area contributed by atoms with Crippen LogP contribution in [0.25, 0.3) is 0 Å².